The molecule has 2 aromatic heterocycles. The van der Waals surface area contributed by atoms with Gasteiger partial charge in [-0.15, -0.1) is 11.3 Å². The van der Waals surface area contributed by atoms with Gasteiger partial charge >= 0.3 is 0 Å². The van der Waals surface area contributed by atoms with Crippen molar-refractivity contribution in [3.63, 3.8) is 0 Å². The standard InChI is InChI=1S/C20H16N4O3S/c1-12-3-6-14(24(25)26)9-17(12)23-19-18-16(10-28-20(18)22-11-21-19)13-4-7-15(27-2)8-5-13/h3-11H,1-2H3,(H,21,22,23). The minimum atomic E-state index is -0.409. The summed E-state index contributed by atoms with van der Waals surface area (Å²) in [6.07, 6.45) is 1.49. The third kappa shape index (κ3) is 3.25. The first kappa shape index (κ1) is 17.9. The van der Waals surface area contributed by atoms with Crippen LogP contribution in [-0.2, 0) is 0 Å². The number of nitrogens with one attached hydrogen (secondary N) is 1. The Morgan fingerprint density at radius 1 is 1.14 bits per heavy atom. The number of nitro groups is 1. The molecule has 4 aromatic rings. The zero-order valence-corrected chi connectivity index (χ0v) is 16.0. The summed E-state index contributed by atoms with van der Waals surface area (Å²) in [4.78, 5) is 20.3. The molecule has 0 aliphatic heterocycles. The predicted molar refractivity (Wildman–Crippen MR) is 111 cm³/mol. The predicted octanol–water partition coefficient (Wildman–Crippen LogP) is 5.33. The molecule has 0 radical (unpaired) electrons. The van der Waals surface area contributed by atoms with Crippen LogP contribution in [0.4, 0.5) is 17.2 Å². The molecule has 0 aliphatic carbocycles. The van der Waals surface area contributed by atoms with Crippen molar-refractivity contribution in [1.82, 2.24) is 9.97 Å². The topological polar surface area (TPSA) is 90.2 Å². The minimum absolute atomic E-state index is 0.0269. The third-order valence-corrected chi connectivity index (χ3v) is 5.34. The molecule has 0 saturated heterocycles. The number of fused-ring (bicyclic) bond motifs is 1. The molecular formula is C20H16N4O3S. The van der Waals surface area contributed by atoms with E-state index >= 15 is 0 Å². The van der Waals surface area contributed by atoms with Gasteiger partial charge in [0.1, 0.15) is 22.7 Å². The summed E-state index contributed by atoms with van der Waals surface area (Å²) < 4.78 is 5.23. The number of aromatic nitrogens is 2. The number of ether oxygens (including phenoxy) is 1. The van der Waals surface area contributed by atoms with Gasteiger partial charge in [-0.05, 0) is 30.2 Å². The second kappa shape index (κ2) is 7.24. The molecule has 28 heavy (non-hydrogen) atoms. The van der Waals surface area contributed by atoms with E-state index in [1.807, 2.05) is 36.6 Å². The van der Waals surface area contributed by atoms with Crippen molar-refractivity contribution in [2.24, 2.45) is 0 Å². The van der Waals surface area contributed by atoms with Crippen LogP contribution in [0.1, 0.15) is 5.56 Å². The number of hydrogen-bond donors (Lipinski definition) is 1. The van der Waals surface area contributed by atoms with Crippen molar-refractivity contribution in [2.45, 2.75) is 6.92 Å². The highest BCUT2D eigenvalue weighted by Crippen LogP contribution is 2.38. The molecule has 2 aromatic carbocycles. The average molecular weight is 392 g/mol. The van der Waals surface area contributed by atoms with E-state index in [0.717, 1.165) is 32.7 Å². The maximum absolute atomic E-state index is 11.1. The summed E-state index contributed by atoms with van der Waals surface area (Å²) in [7, 11) is 1.63. The normalized spacial score (nSPS) is 10.8. The van der Waals surface area contributed by atoms with Crippen LogP contribution in [0.2, 0.25) is 0 Å². The van der Waals surface area contributed by atoms with Crippen LogP contribution < -0.4 is 10.1 Å². The SMILES string of the molecule is COc1ccc(-c2csc3ncnc(Nc4cc([N+](=O)[O-])ccc4C)c23)cc1. The first-order chi connectivity index (χ1) is 13.6. The number of hydrogen-bond acceptors (Lipinski definition) is 7. The maximum Gasteiger partial charge on any atom is 0.271 e. The zero-order chi connectivity index (χ0) is 19.7. The lowest BCUT2D eigenvalue weighted by Gasteiger charge is -2.11. The van der Waals surface area contributed by atoms with E-state index in [1.54, 1.807) is 13.2 Å². The number of thiophene rings is 1. The summed E-state index contributed by atoms with van der Waals surface area (Å²) >= 11 is 1.53. The van der Waals surface area contributed by atoms with Gasteiger partial charge in [-0.1, -0.05) is 18.2 Å². The van der Waals surface area contributed by atoms with Gasteiger partial charge in [0.25, 0.3) is 5.69 Å². The van der Waals surface area contributed by atoms with Gasteiger partial charge in [0, 0.05) is 28.8 Å². The second-order valence-electron chi connectivity index (χ2n) is 6.16. The first-order valence-electron chi connectivity index (χ1n) is 8.45. The molecule has 140 valence electrons. The summed E-state index contributed by atoms with van der Waals surface area (Å²) in [5.41, 5.74) is 3.56. The van der Waals surface area contributed by atoms with Crippen LogP contribution in [0.25, 0.3) is 21.3 Å². The Hall–Kier alpha value is -3.52. The Morgan fingerprint density at radius 2 is 1.93 bits per heavy atom. The minimum Gasteiger partial charge on any atom is -0.497 e. The molecule has 2 heterocycles. The molecule has 0 aliphatic rings. The highest BCUT2D eigenvalue weighted by molar-refractivity contribution is 7.17. The largest absolute Gasteiger partial charge is 0.497 e. The molecule has 0 amide bonds. The summed E-state index contributed by atoms with van der Waals surface area (Å²) in [6.45, 7) is 1.89. The summed E-state index contributed by atoms with van der Waals surface area (Å²) in [6, 6.07) is 12.5. The quantitative estimate of drug-likeness (QED) is 0.365. The van der Waals surface area contributed by atoms with Crippen molar-refractivity contribution in [1.29, 1.82) is 0 Å². The van der Waals surface area contributed by atoms with Crippen molar-refractivity contribution < 1.29 is 9.66 Å². The fourth-order valence-electron chi connectivity index (χ4n) is 2.94. The van der Waals surface area contributed by atoms with Crippen molar-refractivity contribution >= 4 is 38.7 Å². The van der Waals surface area contributed by atoms with Crippen LogP contribution >= 0.6 is 11.3 Å². The molecule has 0 saturated carbocycles. The summed E-state index contributed by atoms with van der Waals surface area (Å²) in [5.74, 6) is 1.39. The Labute approximate surface area is 164 Å². The molecular weight excluding hydrogens is 376 g/mol. The van der Waals surface area contributed by atoms with Crippen LogP contribution in [0, 0.1) is 17.0 Å². The smallest absolute Gasteiger partial charge is 0.271 e. The van der Waals surface area contributed by atoms with Crippen molar-refractivity contribution in [2.75, 3.05) is 12.4 Å². The second-order valence-corrected chi connectivity index (χ2v) is 7.02. The Bertz CT molecular complexity index is 1170. The molecule has 0 spiro atoms. The number of methoxy groups -OCH3 is 1. The van der Waals surface area contributed by atoms with E-state index in [4.69, 9.17) is 4.74 Å². The van der Waals surface area contributed by atoms with Gasteiger partial charge < -0.3 is 10.1 Å². The van der Waals surface area contributed by atoms with Crippen LogP contribution in [-0.4, -0.2) is 22.0 Å². The molecule has 0 unspecified atom stereocenters. The van der Waals surface area contributed by atoms with Crippen molar-refractivity contribution in [3.05, 3.63) is 69.8 Å². The van der Waals surface area contributed by atoms with Gasteiger partial charge in [-0.2, -0.15) is 0 Å². The molecule has 1 N–H and O–H groups in total. The van der Waals surface area contributed by atoms with Gasteiger partial charge in [0.2, 0.25) is 0 Å². The Balaban J connectivity index is 1.81. The third-order valence-electron chi connectivity index (χ3n) is 4.46. The number of aryl methyl sites for hydroxylation is 1. The number of nitro benzene ring substituents is 1. The van der Waals surface area contributed by atoms with Gasteiger partial charge in [0.15, 0.2) is 0 Å². The lowest BCUT2D eigenvalue weighted by Crippen LogP contribution is -1.99. The van der Waals surface area contributed by atoms with Crippen LogP contribution in [0.15, 0.2) is 54.2 Å². The number of non-ortho nitro benzene ring substituents is 1. The number of rotatable bonds is 5. The first-order valence-corrected chi connectivity index (χ1v) is 9.33. The fourth-order valence-corrected chi connectivity index (χ4v) is 3.85. The molecule has 7 nitrogen and oxygen atoms in total. The maximum atomic E-state index is 11.1. The van der Waals surface area contributed by atoms with Crippen LogP contribution in [0.5, 0.6) is 5.75 Å². The molecule has 0 fully saturated rings. The highest BCUT2D eigenvalue weighted by atomic mass is 32.1. The molecule has 0 atom stereocenters. The Kier molecular flexibility index (Phi) is 4.62. The van der Waals surface area contributed by atoms with E-state index in [0.29, 0.717) is 11.5 Å². The molecule has 4 rings (SSSR count). The van der Waals surface area contributed by atoms with E-state index in [-0.39, 0.29) is 5.69 Å². The van der Waals surface area contributed by atoms with Crippen molar-refractivity contribution in [3.8, 4) is 16.9 Å². The Morgan fingerprint density at radius 3 is 2.64 bits per heavy atom. The van der Waals surface area contributed by atoms with Crippen LogP contribution in [0.3, 0.4) is 0 Å². The molecule has 8 heteroatoms. The fraction of sp³-hybridized carbons (Fsp3) is 0.100. The van der Waals surface area contributed by atoms with E-state index < -0.39 is 4.92 Å². The van der Waals surface area contributed by atoms with Gasteiger partial charge in [-0.3, -0.25) is 10.1 Å². The highest BCUT2D eigenvalue weighted by Gasteiger charge is 2.15. The van der Waals surface area contributed by atoms with Gasteiger partial charge in [0.05, 0.1) is 17.4 Å². The van der Waals surface area contributed by atoms with E-state index in [2.05, 4.69) is 15.3 Å². The van der Waals surface area contributed by atoms with E-state index in [1.165, 1.54) is 29.8 Å². The monoisotopic (exact) mass is 392 g/mol. The number of benzene rings is 2. The zero-order valence-electron chi connectivity index (χ0n) is 15.2. The summed E-state index contributed by atoms with van der Waals surface area (Å²) in [5, 5.41) is 17.3. The van der Waals surface area contributed by atoms with Gasteiger partial charge in [-0.25, -0.2) is 9.97 Å². The molecule has 0 bridgehead atoms. The lowest BCUT2D eigenvalue weighted by atomic mass is 10.1. The lowest BCUT2D eigenvalue weighted by molar-refractivity contribution is -0.384. The number of anilines is 2. The van der Waals surface area contributed by atoms with E-state index in [9.17, 15) is 10.1 Å². The average Bonchev–Trinajstić information content (AvgIpc) is 3.14. The number of nitrogens with zero attached hydrogens (tertiary/aromatic N) is 3.